The van der Waals surface area contributed by atoms with Gasteiger partial charge in [0.2, 0.25) is 0 Å². The van der Waals surface area contributed by atoms with Crippen LogP contribution >= 0.6 is 11.8 Å². The van der Waals surface area contributed by atoms with Gasteiger partial charge in [0.05, 0.1) is 5.69 Å². The Morgan fingerprint density at radius 1 is 1.23 bits per heavy atom. The Balaban J connectivity index is 1.40. The van der Waals surface area contributed by atoms with Crippen LogP contribution in [-0.4, -0.2) is 33.0 Å². The summed E-state index contributed by atoms with van der Waals surface area (Å²) in [7, 11) is 2.07. The molecule has 3 heterocycles. The van der Waals surface area contributed by atoms with Gasteiger partial charge in [-0.2, -0.15) is 0 Å². The molecule has 1 N–H and O–H groups in total. The second kappa shape index (κ2) is 6.04. The van der Waals surface area contributed by atoms with Crippen molar-refractivity contribution in [3.8, 4) is 0 Å². The summed E-state index contributed by atoms with van der Waals surface area (Å²) in [5.41, 5.74) is 0.998. The Morgan fingerprint density at radius 2 is 2.05 bits per heavy atom. The first-order chi connectivity index (χ1) is 10.8. The van der Waals surface area contributed by atoms with E-state index in [-0.39, 0.29) is 0 Å². The van der Waals surface area contributed by atoms with Gasteiger partial charge in [-0.15, -0.1) is 10.2 Å². The van der Waals surface area contributed by atoms with Crippen molar-refractivity contribution < 1.29 is 4.52 Å². The highest BCUT2D eigenvalue weighted by Gasteiger charge is 2.28. The number of hydrogen-bond acceptors (Lipinski definition) is 6. The maximum absolute atomic E-state index is 5.39. The summed E-state index contributed by atoms with van der Waals surface area (Å²) in [6, 6.07) is 2.09. The second-order valence-corrected chi connectivity index (χ2v) is 7.15. The highest BCUT2D eigenvalue weighted by Crippen LogP contribution is 2.40. The summed E-state index contributed by atoms with van der Waals surface area (Å²) in [6.07, 6.45) is 4.77. The highest BCUT2D eigenvalue weighted by molar-refractivity contribution is 7.98. The molecule has 0 aromatic carbocycles. The zero-order valence-electron chi connectivity index (χ0n) is 12.8. The SMILES string of the molecule is Cn1c(SCc2cc(C3CC3)on2)nnc1C1CCNCC1. The van der Waals surface area contributed by atoms with E-state index in [0.29, 0.717) is 11.8 Å². The lowest BCUT2D eigenvalue weighted by molar-refractivity contribution is 0.380. The van der Waals surface area contributed by atoms with Gasteiger partial charge in [0.1, 0.15) is 11.6 Å². The van der Waals surface area contributed by atoms with E-state index in [1.54, 1.807) is 11.8 Å². The number of rotatable bonds is 5. The first-order valence-electron chi connectivity index (χ1n) is 7.99. The van der Waals surface area contributed by atoms with E-state index in [0.717, 1.165) is 54.1 Å². The Kier molecular flexibility index (Phi) is 3.92. The molecule has 1 aliphatic carbocycles. The maximum Gasteiger partial charge on any atom is 0.191 e. The lowest BCUT2D eigenvalue weighted by atomic mass is 9.97. The number of piperidine rings is 1. The zero-order chi connectivity index (χ0) is 14.9. The molecule has 1 saturated carbocycles. The van der Waals surface area contributed by atoms with Crippen molar-refractivity contribution in [1.82, 2.24) is 25.2 Å². The van der Waals surface area contributed by atoms with Crippen LogP contribution in [-0.2, 0) is 12.8 Å². The molecular weight excluding hydrogens is 298 g/mol. The van der Waals surface area contributed by atoms with Gasteiger partial charge >= 0.3 is 0 Å². The van der Waals surface area contributed by atoms with Crippen LogP contribution in [0.3, 0.4) is 0 Å². The van der Waals surface area contributed by atoms with Crippen LogP contribution in [0, 0.1) is 0 Å². The lowest BCUT2D eigenvalue weighted by Crippen LogP contribution is -2.27. The fourth-order valence-corrected chi connectivity index (χ4v) is 3.78. The fraction of sp³-hybridized carbons (Fsp3) is 0.667. The molecule has 0 unspecified atom stereocenters. The van der Waals surface area contributed by atoms with Crippen LogP contribution < -0.4 is 5.32 Å². The molecule has 2 aromatic heterocycles. The standard InChI is InChI=1S/C15H21N5OS/c1-20-14(11-4-6-16-7-5-11)17-18-15(20)22-9-12-8-13(21-19-12)10-2-3-10/h8,10-11,16H,2-7,9H2,1H3. The van der Waals surface area contributed by atoms with Gasteiger partial charge in [-0.3, -0.25) is 0 Å². The fourth-order valence-electron chi connectivity index (χ4n) is 2.98. The molecule has 1 aliphatic heterocycles. The molecule has 0 amide bonds. The number of thioether (sulfide) groups is 1. The van der Waals surface area contributed by atoms with Crippen molar-refractivity contribution in [2.45, 2.75) is 48.4 Å². The molecule has 22 heavy (non-hydrogen) atoms. The minimum atomic E-state index is 0.529. The van der Waals surface area contributed by atoms with Crippen molar-refractivity contribution in [3.63, 3.8) is 0 Å². The molecule has 0 atom stereocenters. The largest absolute Gasteiger partial charge is 0.361 e. The summed E-state index contributed by atoms with van der Waals surface area (Å²) >= 11 is 1.68. The highest BCUT2D eigenvalue weighted by atomic mass is 32.2. The number of nitrogens with one attached hydrogen (secondary N) is 1. The van der Waals surface area contributed by atoms with Crippen molar-refractivity contribution in [3.05, 3.63) is 23.3 Å². The number of nitrogens with zero attached hydrogens (tertiary/aromatic N) is 4. The van der Waals surface area contributed by atoms with Crippen molar-refractivity contribution in [2.24, 2.45) is 7.05 Å². The molecule has 6 nitrogen and oxygen atoms in total. The van der Waals surface area contributed by atoms with E-state index in [1.165, 1.54) is 12.8 Å². The van der Waals surface area contributed by atoms with Crippen LogP contribution in [0.5, 0.6) is 0 Å². The van der Waals surface area contributed by atoms with Gasteiger partial charge in [-0.25, -0.2) is 0 Å². The minimum Gasteiger partial charge on any atom is -0.361 e. The van der Waals surface area contributed by atoms with Gasteiger partial charge in [0, 0.05) is 30.7 Å². The normalized spacial score (nSPS) is 19.7. The van der Waals surface area contributed by atoms with Crippen LogP contribution in [0.1, 0.15) is 54.8 Å². The minimum absolute atomic E-state index is 0.529. The number of hydrogen-bond donors (Lipinski definition) is 1. The van der Waals surface area contributed by atoms with E-state index in [9.17, 15) is 0 Å². The molecule has 1 saturated heterocycles. The van der Waals surface area contributed by atoms with Crippen LogP contribution in [0.15, 0.2) is 15.7 Å². The summed E-state index contributed by atoms with van der Waals surface area (Å²) in [6.45, 7) is 2.14. The van der Waals surface area contributed by atoms with E-state index in [1.807, 2.05) is 0 Å². The predicted molar refractivity (Wildman–Crippen MR) is 83.9 cm³/mol. The maximum atomic E-state index is 5.39. The van der Waals surface area contributed by atoms with Crippen molar-refractivity contribution in [1.29, 1.82) is 0 Å². The molecule has 0 radical (unpaired) electrons. The average molecular weight is 319 g/mol. The zero-order valence-corrected chi connectivity index (χ0v) is 13.6. The quantitative estimate of drug-likeness (QED) is 0.854. The first kappa shape index (κ1) is 14.3. The van der Waals surface area contributed by atoms with E-state index in [2.05, 4.69) is 38.4 Å². The van der Waals surface area contributed by atoms with Gasteiger partial charge in [-0.05, 0) is 38.8 Å². The second-order valence-electron chi connectivity index (χ2n) is 6.21. The van der Waals surface area contributed by atoms with Crippen LogP contribution in [0.2, 0.25) is 0 Å². The lowest BCUT2D eigenvalue weighted by Gasteiger charge is -2.21. The molecule has 2 fully saturated rings. The third-order valence-electron chi connectivity index (χ3n) is 4.48. The van der Waals surface area contributed by atoms with Crippen molar-refractivity contribution >= 4 is 11.8 Å². The molecule has 2 aromatic rings. The predicted octanol–water partition coefficient (Wildman–Crippen LogP) is 2.44. The molecule has 0 spiro atoms. The van der Waals surface area contributed by atoms with Gasteiger partial charge in [-0.1, -0.05) is 16.9 Å². The molecule has 7 heteroatoms. The topological polar surface area (TPSA) is 68.8 Å². The molecule has 2 aliphatic rings. The van der Waals surface area contributed by atoms with Gasteiger partial charge in [0.25, 0.3) is 0 Å². The monoisotopic (exact) mass is 319 g/mol. The summed E-state index contributed by atoms with van der Waals surface area (Å²) in [4.78, 5) is 0. The van der Waals surface area contributed by atoms with Gasteiger partial charge in [0.15, 0.2) is 5.16 Å². The average Bonchev–Trinajstić information content (AvgIpc) is 3.18. The third kappa shape index (κ3) is 2.92. The molecule has 0 bridgehead atoms. The van der Waals surface area contributed by atoms with Crippen LogP contribution in [0.25, 0.3) is 0 Å². The van der Waals surface area contributed by atoms with Crippen molar-refractivity contribution in [2.75, 3.05) is 13.1 Å². The number of aromatic nitrogens is 4. The Bertz CT molecular complexity index is 642. The Hall–Kier alpha value is -1.34. The van der Waals surface area contributed by atoms with Crippen LogP contribution in [0.4, 0.5) is 0 Å². The summed E-state index contributed by atoms with van der Waals surface area (Å²) in [5.74, 6) is 4.09. The Labute approximate surface area is 134 Å². The first-order valence-corrected chi connectivity index (χ1v) is 8.98. The van der Waals surface area contributed by atoms with E-state index < -0.39 is 0 Å². The Morgan fingerprint density at radius 3 is 2.82 bits per heavy atom. The molecule has 118 valence electrons. The smallest absolute Gasteiger partial charge is 0.191 e. The summed E-state index contributed by atoms with van der Waals surface area (Å²) in [5, 5.41) is 17.3. The van der Waals surface area contributed by atoms with E-state index >= 15 is 0 Å². The summed E-state index contributed by atoms with van der Waals surface area (Å²) < 4.78 is 7.54. The third-order valence-corrected chi connectivity index (χ3v) is 5.53. The molecule has 4 rings (SSSR count). The van der Waals surface area contributed by atoms with Gasteiger partial charge < -0.3 is 14.4 Å². The molecular formula is C15H21N5OS. The van der Waals surface area contributed by atoms with E-state index in [4.69, 9.17) is 4.52 Å².